The van der Waals surface area contributed by atoms with Gasteiger partial charge in [-0.2, -0.15) is 0 Å². The van der Waals surface area contributed by atoms with Gasteiger partial charge in [0.25, 0.3) is 0 Å². The average molecular weight is 260 g/mol. The third-order valence-electron chi connectivity index (χ3n) is 3.10. The number of carbonyl (C=O) groups is 2. The van der Waals surface area contributed by atoms with Gasteiger partial charge < -0.3 is 15.4 Å². The van der Waals surface area contributed by atoms with Crippen LogP contribution in [0.15, 0.2) is 35.5 Å². The maximum absolute atomic E-state index is 11.7. The van der Waals surface area contributed by atoms with Gasteiger partial charge in [-0.3, -0.25) is 4.79 Å². The van der Waals surface area contributed by atoms with E-state index in [9.17, 15) is 9.59 Å². The summed E-state index contributed by atoms with van der Waals surface area (Å²) in [4.78, 5) is 23.3. The van der Waals surface area contributed by atoms with Crippen LogP contribution in [0.1, 0.15) is 25.5 Å². The summed E-state index contributed by atoms with van der Waals surface area (Å²) in [5.41, 5.74) is 2.02. The molecule has 2 amide bonds. The molecule has 0 aromatic heterocycles. The monoisotopic (exact) mass is 260 g/mol. The number of urea groups is 1. The van der Waals surface area contributed by atoms with Crippen molar-refractivity contribution >= 4 is 11.8 Å². The second-order valence-corrected chi connectivity index (χ2v) is 4.40. The Hall–Kier alpha value is -2.30. The number of methoxy groups -OCH3 is 1. The molecule has 0 saturated heterocycles. The molecule has 2 N–H and O–H groups in total. The molecule has 0 fully saturated rings. The zero-order valence-corrected chi connectivity index (χ0v) is 11.1. The van der Waals surface area contributed by atoms with E-state index in [-0.39, 0.29) is 11.8 Å². The van der Waals surface area contributed by atoms with E-state index in [0.29, 0.717) is 11.3 Å². The van der Waals surface area contributed by atoms with Gasteiger partial charge >= 0.3 is 6.03 Å². The highest BCUT2D eigenvalue weighted by Gasteiger charge is 2.28. The lowest BCUT2D eigenvalue weighted by Gasteiger charge is -2.28. The number of Topliss-reactive ketones (excluding diaryl/α,β-unsaturated/α-hetero) is 1. The number of allylic oxidation sites excluding steroid dienone is 1. The van der Waals surface area contributed by atoms with Crippen LogP contribution in [0.25, 0.3) is 0 Å². The minimum atomic E-state index is -0.419. The van der Waals surface area contributed by atoms with Crippen molar-refractivity contribution < 1.29 is 14.3 Å². The molecule has 1 aromatic carbocycles. The minimum Gasteiger partial charge on any atom is -0.497 e. The Labute approximate surface area is 111 Å². The fourth-order valence-electron chi connectivity index (χ4n) is 2.21. The minimum absolute atomic E-state index is 0.0641. The average Bonchev–Trinajstić information content (AvgIpc) is 2.37. The largest absolute Gasteiger partial charge is 0.497 e. The molecule has 0 spiro atoms. The van der Waals surface area contributed by atoms with Crippen molar-refractivity contribution in [3.63, 3.8) is 0 Å². The van der Waals surface area contributed by atoms with E-state index in [1.54, 1.807) is 26.2 Å². The molecule has 1 atom stereocenters. The summed E-state index contributed by atoms with van der Waals surface area (Å²) in [6.07, 6.45) is 0. The summed E-state index contributed by atoms with van der Waals surface area (Å²) in [5, 5.41) is 5.38. The molecule has 0 unspecified atom stereocenters. The lowest BCUT2D eigenvalue weighted by molar-refractivity contribution is -0.114. The van der Waals surface area contributed by atoms with Crippen molar-refractivity contribution in [2.24, 2.45) is 0 Å². The van der Waals surface area contributed by atoms with Crippen LogP contribution in [0.3, 0.4) is 0 Å². The van der Waals surface area contributed by atoms with Crippen LogP contribution in [0.5, 0.6) is 5.75 Å². The SMILES string of the molecule is COc1ccc([C@@H]2NC(=O)NC(C)=C2C(C)=O)cc1. The summed E-state index contributed by atoms with van der Waals surface area (Å²) in [7, 11) is 1.59. The fourth-order valence-corrected chi connectivity index (χ4v) is 2.21. The molecule has 1 aromatic rings. The van der Waals surface area contributed by atoms with Crippen LogP contribution in [-0.2, 0) is 4.79 Å². The number of carbonyl (C=O) groups excluding carboxylic acids is 2. The summed E-state index contributed by atoms with van der Waals surface area (Å²) >= 11 is 0. The van der Waals surface area contributed by atoms with Gasteiger partial charge in [0.15, 0.2) is 5.78 Å². The van der Waals surface area contributed by atoms with Gasteiger partial charge in [0.1, 0.15) is 5.75 Å². The van der Waals surface area contributed by atoms with E-state index >= 15 is 0 Å². The van der Waals surface area contributed by atoms with E-state index in [1.807, 2.05) is 12.1 Å². The first-order valence-electron chi connectivity index (χ1n) is 5.96. The molecule has 5 nitrogen and oxygen atoms in total. The van der Waals surface area contributed by atoms with Crippen LogP contribution in [0.2, 0.25) is 0 Å². The standard InChI is InChI=1S/C14H16N2O3/c1-8-12(9(2)17)13(16-14(18)15-8)10-4-6-11(19-3)7-5-10/h4-7,13H,1-3H3,(H2,15,16,18)/t13-/m0/s1. The van der Waals surface area contributed by atoms with Gasteiger partial charge in [0.05, 0.1) is 13.2 Å². The maximum Gasteiger partial charge on any atom is 0.319 e. The third kappa shape index (κ3) is 2.59. The van der Waals surface area contributed by atoms with Crippen LogP contribution in [0, 0.1) is 0 Å². The van der Waals surface area contributed by atoms with Crippen molar-refractivity contribution in [1.29, 1.82) is 0 Å². The summed E-state index contributed by atoms with van der Waals surface area (Å²) < 4.78 is 5.09. The van der Waals surface area contributed by atoms with Crippen molar-refractivity contribution in [1.82, 2.24) is 10.6 Å². The van der Waals surface area contributed by atoms with Crippen molar-refractivity contribution in [2.75, 3.05) is 7.11 Å². The number of amides is 2. The number of ketones is 1. The van der Waals surface area contributed by atoms with Crippen LogP contribution < -0.4 is 15.4 Å². The topological polar surface area (TPSA) is 67.4 Å². The highest BCUT2D eigenvalue weighted by molar-refractivity contribution is 5.98. The van der Waals surface area contributed by atoms with E-state index in [4.69, 9.17) is 4.74 Å². The molecule has 0 saturated carbocycles. The molecule has 100 valence electrons. The fraction of sp³-hybridized carbons (Fsp3) is 0.286. The molecule has 19 heavy (non-hydrogen) atoms. The second kappa shape index (κ2) is 5.14. The smallest absolute Gasteiger partial charge is 0.319 e. The molecule has 5 heteroatoms. The van der Waals surface area contributed by atoms with E-state index < -0.39 is 6.04 Å². The zero-order chi connectivity index (χ0) is 14.0. The van der Waals surface area contributed by atoms with Crippen molar-refractivity contribution in [3.8, 4) is 5.75 Å². The Bertz CT molecular complexity index is 546. The van der Waals surface area contributed by atoms with Crippen molar-refractivity contribution in [2.45, 2.75) is 19.9 Å². The molecular formula is C14H16N2O3. The Morgan fingerprint density at radius 3 is 2.42 bits per heavy atom. The lowest BCUT2D eigenvalue weighted by Crippen LogP contribution is -2.44. The molecule has 0 radical (unpaired) electrons. The van der Waals surface area contributed by atoms with Gasteiger partial charge in [-0.05, 0) is 31.5 Å². The zero-order valence-electron chi connectivity index (χ0n) is 11.1. The van der Waals surface area contributed by atoms with Crippen LogP contribution in [0.4, 0.5) is 4.79 Å². The normalized spacial score (nSPS) is 18.7. The first-order chi connectivity index (χ1) is 9.02. The first-order valence-corrected chi connectivity index (χ1v) is 5.96. The Morgan fingerprint density at radius 1 is 1.26 bits per heavy atom. The van der Waals surface area contributed by atoms with Gasteiger partial charge in [-0.25, -0.2) is 4.79 Å². The van der Waals surface area contributed by atoms with E-state index in [1.165, 1.54) is 6.92 Å². The van der Waals surface area contributed by atoms with Crippen molar-refractivity contribution in [3.05, 3.63) is 41.1 Å². The number of rotatable bonds is 3. The van der Waals surface area contributed by atoms with Gasteiger partial charge in [-0.15, -0.1) is 0 Å². The lowest BCUT2D eigenvalue weighted by atomic mass is 9.93. The van der Waals surface area contributed by atoms with Crippen LogP contribution in [-0.4, -0.2) is 18.9 Å². The summed E-state index contributed by atoms with van der Waals surface area (Å²) in [6, 6.07) is 6.56. The van der Waals surface area contributed by atoms with E-state index in [2.05, 4.69) is 10.6 Å². The second-order valence-electron chi connectivity index (χ2n) is 4.40. The molecule has 1 heterocycles. The Balaban J connectivity index is 2.42. The number of hydrogen-bond acceptors (Lipinski definition) is 3. The Kier molecular flexibility index (Phi) is 3.55. The molecule has 0 bridgehead atoms. The number of nitrogens with one attached hydrogen (secondary N) is 2. The van der Waals surface area contributed by atoms with Gasteiger partial charge in [-0.1, -0.05) is 12.1 Å². The predicted molar refractivity (Wildman–Crippen MR) is 70.8 cm³/mol. The highest BCUT2D eigenvalue weighted by atomic mass is 16.5. The van der Waals surface area contributed by atoms with E-state index in [0.717, 1.165) is 11.3 Å². The third-order valence-corrected chi connectivity index (χ3v) is 3.10. The highest BCUT2D eigenvalue weighted by Crippen LogP contribution is 2.28. The molecular weight excluding hydrogens is 244 g/mol. The summed E-state index contributed by atoms with van der Waals surface area (Å²) in [6.45, 7) is 3.22. The van der Waals surface area contributed by atoms with Crippen LogP contribution >= 0.6 is 0 Å². The molecule has 1 aliphatic rings. The van der Waals surface area contributed by atoms with Gasteiger partial charge in [0, 0.05) is 11.3 Å². The molecule has 2 rings (SSSR count). The predicted octanol–water partition coefficient (Wildman–Crippen LogP) is 1.91. The molecule has 0 aliphatic carbocycles. The quantitative estimate of drug-likeness (QED) is 0.872. The Morgan fingerprint density at radius 2 is 1.89 bits per heavy atom. The molecule has 1 aliphatic heterocycles. The first kappa shape index (κ1) is 13.1. The number of ether oxygens (including phenoxy) is 1. The number of benzene rings is 1. The maximum atomic E-state index is 11.7. The number of hydrogen-bond donors (Lipinski definition) is 2. The van der Waals surface area contributed by atoms with Gasteiger partial charge in [0.2, 0.25) is 0 Å². The summed E-state index contributed by atoms with van der Waals surface area (Å²) in [5.74, 6) is 0.667.